The molecular weight excluding hydrogens is 194 g/mol. The number of nitrogens with zero attached hydrogens (tertiary/aromatic N) is 1. The minimum atomic E-state index is -0.862. The quantitative estimate of drug-likeness (QED) is 0.803. The van der Waals surface area contributed by atoms with Gasteiger partial charge in [-0.05, 0) is 25.0 Å². The van der Waals surface area contributed by atoms with Crippen LogP contribution in [0.5, 0.6) is 5.88 Å². The Kier molecular flexibility index (Phi) is 4.09. The molecule has 0 spiro atoms. The highest BCUT2D eigenvalue weighted by atomic mass is 16.5. The minimum absolute atomic E-state index is 0.00251. The van der Waals surface area contributed by atoms with Crippen molar-refractivity contribution in [3.63, 3.8) is 0 Å². The fourth-order valence-corrected chi connectivity index (χ4v) is 1.32. The van der Waals surface area contributed by atoms with E-state index in [1.54, 1.807) is 6.20 Å². The molecule has 4 nitrogen and oxygen atoms in total. The number of carboxylic acid groups (broad SMARTS) is 1. The zero-order valence-electron chi connectivity index (χ0n) is 8.99. The number of aromatic nitrogens is 1. The largest absolute Gasteiger partial charge is 0.481 e. The molecule has 1 aromatic rings. The molecule has 0 amide bonds. The summed E-state index contributed by atoms with van der Waals surface area (Å²) in [6.07, 6.45) is 2.60. The molecule has 82 valence electrons. The van der Waals surface area contributed by atoms with Crippen LogP contribution in [-0.4, -0.2) is 22.7 Å². The van der Waals surface area contributed by atoms with E-state index in [2.05, 4.69) is 11.9 Å². The highest BCUT2D eigenvalue weighted by Crippen LogP contribution is 2.18. The summed E-state index contributed by atoms with van der Waals surface area (Å²) >= 11 is 0. The maximum absolute atomic E-state index is 10.3. The number of hydrogen-bond donors (Lipinski definition) is 1. The summed E-state index contributed by atoms with van der Waals surface area (Å²) in [7, 11) is 0. The lowest BCUT2D eigenvalue weighted by Crippen LogP contribution is -2.07. The van der Waals surface area contributed by atoms with Gasteiger partial charge in [0.25, 0.3) is 0 Å². The van der Waals surface area contributed by atoms with Crippen molar-refractivity contribution < 1.29 is 14.6 Å². The zero-order chi connectivity index (χ0) is 11.3. The van der Waals surface area contributed by atoms with E-state index in [1.165, 1.54) is 5.56 Å². The molecule has 0 saturated heterocycles. The Morgan fingerprint density at radius 2 is 2.33 bits per heavy atom. The van der Waals surface area contributed by atoms with Crippen molar-refractivity contribution in [2.24, 2.45) is 0 Å². The molecule has 4 heteroatoms. The molecule has 1 N–H and O–H groups in total. The summed E-state index contributed by atoms with van der Waals surface area (Å²) < 4.78 is 5.30. The standard InChI is InChI=1S/C11H15NO3/c1-3-9-4-6-12-11(8(9)2)15-7-5-10(13)14/h4,6H,3,5,7H2,1-2H3,(H,13,14). The lowest BCUT2D eigenvalue weighted by Gasteiger charge is -2.09. The summed E-state index contributed by atoms with van der Waals surface area (Å²) in [5.74, 6) is -0.324. The van der Waals surface area contributed by atoms with Gasteiger partial charge in [-0.25, -0.2) is 4.98 Å². The van der Waals surface area contributed by atoms with Crippen LogP contribution in [0.3, 0.4) is 0 Å². The van der Waals surface area contributed by atoms with Crippen LogP contribution in [0.25, 0.3) is 0 Å². The number of rotatable bonds is 5. The minimum Gasteiger partial charge on any atom is -0.481 e. The molecule has 0 radical (unpaired) electrons. The van der Waals surface area contributed by atoms with Crippen molar-refractivity contribution in [2.45, 2.75) is 26.7 Å². The number of carboxylic acids is 1. The fourth-order valence-electron chi connectivity index (χ4n) is 1.32. The molecule has 1 aromatic heterocycles. The van der Waals surface area contributed by atoms with Crippen LogP contribution in [0, 0.1) is 6.92 Å². The van der Waals surface area contributed by atoms with Gasteiger partial charge in [-0.2, -0.15) is 0 Å². The van der Waals surface area contributed by atoms with Crippen LogP contribution in [0.2, 0.25) is 0 Å². The molecule has 0 aliphatic heterocycles. The van der Waals surface area contributed by atoms with E-state index in [1.807, 2.05) is 13.0 Å². The second kappa shape index (κ2) is 5.34. The van der Waals surface area contributed by atoms with E-state index in [-0.39, 0.29) is 13.0 Å². The van der Waals surface area contributed by atoms with Gasteiger partial charge in [0, 0.05) is 11.8 Å². The first-order valence-corrected chi connectivity index (χ1v) is 4.94. The first kappa shape index (κ1) is 11.5. The lowest BCUT2D eigenvalue weighted by atomic mass is 10.1. The molecule has 0 aliphatic rings. The molecule has 15 heavy (non-hydrogen) atoms. The molecule has 1 heterocycles. The Labute approximate surface area is 88.9 Å². The van der Waals surface area contributed by atoms with Crippen molar-refractivity contribution in [1.82, 2.24) is 4.98 Å². The third kappa shape index (κ3) is 3.23. The van der Waals surface area contributed by atoms with Gasteiger partial charge >= 0.3 is 5.97 Å². The van der Waals surface area contributed by atoms with Crippen LogP contribution in [0.15, 0.2) is 12.3 Å². The maximum Gasteiger partial charge on any atom is 0.306 e. The molecule has 0 saturated carbocycles. The van der Waals surface area contributed by atoms with E-state index in [4.69, 9.17) is 9.84 Å². The third-order valence-corrected chi connectivity index (χ3v) is 2.21. The molecule has 0 fully saturated rings. The van der Waals surface area contributed by atoms with Gasteiger partial charge in [-0.15, -0.1) is 0 Å². The van der Waals surface area contributed by atoms with Crippen LogP contribution in [0.1, 0.15) is 24.5 Å². The first-order valence-electron chi connectivity index (χ1n) is 4.94. The van der Waals surface area contributed by atoms with Gasteiger partial charge in [-0.3, -0.25) is 4.79 Å². The lowest BCUT2D eigenvalue weighted by molar-refractivity contribution is -0.137. The average molecular weight is 209 g/mol. The zero-order valence-corrected chi connectivity index (χ0v) is 8.99. The van der Waals surface area contributed by atoms with Crippen molar-refractivity contribution in [3.05, 3.63) is 23.4 Å². The number of aliphatic carboxylic acids is 1. The topological polar surface area (TPSA) is 59.4 Å². The van der Waals surface area contributed by atoms with Crippen LogP contribution >= 0.6 is 0 Å². The number of pyridine rings is 1. The second-order valence-electron chi connectivity index (χ2n) is 3.25. The van der Waals surface area contributed by atoms with E-state index in [9.17, 15) is 4.79 Å². The molecule has 0 aliphatic carbocycles. The Morgan fingerprint density at radius 1 is 1.60 bits per heavy atom. The Bertz CT molecular complexity index is 350. The van der Waals surface area contributed by atoms with Gasteiger partial charge in [0.2, 0.25) is 5.88 Å². The third-order valence-electron chi connectivity index (χ3n) is 2.21. The normalized spacial score (nSPS) is 10.0. The van der Waals surface area contributed by atoms with Crippen LogP contribution in [-0.2, 0) is 11.2 Å². The van der Waals surface area contributed by atoms with Crippen molar-refractivity contribution in [1.29, 1.82) is 0 Å². The van der Waals surface area contributed by atoms with E-state index < -0.39 is 5.97 Å². The maximum atomic E-state index is 10.3. The monoisotopic (exact) mass is 209 g/mol. The SMILES string of the molecule is CCc1ccnc(OCCC(=O)O)c1C. The molecule has 0 aromatic carbocycles. The van der Waals surface area contributed by atoms with Crippen molar-refractivity contribution >= 4 is 5.97 Å². The molecule has 1 rings (SSSR count). The fraction of sp³-hybridized carbons (Fsp3) is 0.455. The molecular formula is C11H15NO3. The Morgan fingerprint density at radius 3 is 2.93 bits per heavy atom. The van der Waals surface area contributed by atoms with Gasteiger partial charge < -0.3 is 9.84 Å². The predicted octanol–water partition coefficient (Wildman–Crippen LogP) is 1.81. The second-order valence-corrected chi connectivity index (χ2v) is 3.25. The Balaban J connectivity index is 2.64. The average Bonchev–Trinajstić information content (AvgIpc) is 2.20. The van der Waals surface area contributed by atoms with E-state index in [0.717, 1.165) is 12.0 Å². The highest BCUT2D eigenvalue weighted by molar-refractivity contribution is 5.66. The summed E-state index contributed by atoms with van der Waals surface area (Å²) in [6.45, 7) is 4.15. The van der Waals surface area contributed by atoms with Crippen LogP contribution in [0.4, 0.5) is 0 Å². The Hall–Kier alpha value is -1.58. The highest BCUT2D eigenvalue weighted by Gasteiger charge is 2.05. The molecule has 0 atom stereocenters. The van der Waals surface area contributed by atoms with E-state index >= 15 is 0 Å². The van der Waals surface area contributed by atoms with Gasteiger partial charge in [0.05, 0.1) is 6.42 Å². The van der Waals surface area contributed by atoms with Gasteiger partial charge in [-0.1, -0.05) is 6.92 Å². The summed E-state index contributed by atoms with van der Waals surface area (Å²) in [4.78, 5) is 14.4. The molecule has 0 unspecified atom stereocenters. The van der Waals surface area contributed by atoms with Crippen molar-refractivity contribution in [2.75, 3.05) is 6.61 Å². The van der Waals surface area contributed by atoms with Gasteiger partial charge in [0.15, 0.2) is 0 Å². The molecule has 0 bridgehead atoms. The summed E-state index contributed by atoms with van der Waals surface area (Å²) in [5, 5.41) is 8.46. The van der Waals surface area contributed by atoms with Crippen LogP contribution < -0.4 is 4.74 Å². The van der Waals surface area contributed by atoms with E-state index in [0.29, 0.717) is 5.88 Å². The number of carbonyl (C=O) groups is 1. The summed E-state index contributed by atoms with van der Waals surface area (Å²) in [5.41, 5.74) is 2.17. The van der Waals surface area contributed by atoms with Gasteiger partial charge in [0.1, 0.15) is 6.61 Å². The number of hydrogen-bond acceptors (Lipinski definition) is 3. The number of ether oxygens (including phenoxy) is 1. The van der Waals surface area contributed by atoms with Crippen molar-refractivity contribution in [3.8, 4) is 5.88 Å². The first-order chi connectivity index (χ1) is 7.15. The summed E-state index contributed by atoms with van der Waals surface area (Å²) in [6, 6.07) is 1.94. The smallest absolute Gasteiger partial charge is 0.306 e. The number of aryl methyl sites for hydroxylation is 1. The predicted molar refractivity (Wildman–Crippen MR) is 56.1 cm³/mol.